The largest absolute Gasteiger partial charge is 0.343 e. The lowest BCUT2D eigenvalue weighted by molar-refractivity contribution is 0.419. The predicted octanol–water partition coefficient (Wildman–Crippen LogP) is 2.30. The number of hydrogen-bond acceptors (Lipinski definition) is 4. The first kappa shape index (κ1) is 16.4. The van der Waals surface area contributed by atoms with Gasteiger partial charge in [0, 0.05) is 0 Å². The summed E-state index contributed by atoms with van der Waals surface area (Å²) in [7, 11) is -10.5. The van der Waals surface area contributed by atoms with E-state index in [0.717, 1.165) is 0 Å². The molecule has 2 aromatic rings. The minimum absolute atomic E-state index is 0.0417. The van der Waals surface area contributed by atoms with E-state index in [-0.39, 0.29) is 11.4 Å². The van der Waals surface area contributed by atoms with E-state index in [2.05, 4.69) is 0 Å². The molecule has 2 aromatic carbocycles. The molecule has 2 rings (SSSR count). The molecule has 118 valence electrons. The van der Waals surface area contributed by atoms with Gasteiger partial charge < -0.3 is 0 Å². The van der Waals surface area contributed by atoms with Crippen LogP contribution in [0.2, 0.25) is 0 Å². The number of hydrogen-bond donors (Lipinski definition) is 1. The number of sulfonamides is 1. The number of anilines is 2. The highest BCUT2D eigenvalue weighted by molar-refractivity contribution is 8.07. The average molecular weight is 345 g/mol. The Morgan fingerprint density at radius 1 is 0.818 bits per heavy atom. The smallest absolute Gasteiger partial charge is 0.282 e. The van der Waals surface area contributed by atoms with Crippen LogP contribution in [-0.2, 0) is 20.1 Å². The third kappa shape index (κ3) is 3.26. The molecule has 0 saturated carbocycles. The molecular formula is C13H12FNO5S2. The zero-order valence-electron chi connectivity index (χ0n) is 11.1. The van der Waals surface area contributed by atoms with E-state index in [0.29, 0.717) is 4.31 Å². The molecule has 6 nitrogen and oxygen atoms in total. The lowest BCUT2D eigenvalue weighted by Crippen LogP contribution is -2.37. The highest BCUT2D eigenvalue weighted by Crippen LogP contribution is 2.31. The van der Waals surface area contributed by atoms with Crippen molar-refractivity contribution < 1.29 is 25.8 Å². The van der Waals surface area contributed by atoms with Crippen molar-refractivity contribution in [3.05, 3.63) is 60.7 Å². The Bertz CT molecular complexity index is 799. The minimum Gasteiger partial charge on any atom is -0.282 e. The number of halogens is 1. The third-order valence-electron chi connectivity index (χ3n) is 2.70. The van der Waals surface area contributed by atoms with Gasteiger partial charge in [0.25, 0.3) is 10.0 Å². The third-order valence-corrected chi connectivity index (χ3v) is 6.03. The van der Waals surface area contributed by atoms with Gasteiger partial charge in [0.15, 0.2) is 0 Å². The fourth-order valence-electron chi connectivity index (χ4n) is 1.81. The Morgan fingerprint density at radius 2 is 1.18 bits per heavy atom. The molecule has 0 aliphatic carbocycles. The zero-order chi connectivity index (χ0) is 16.4. The summed E-state index contributed by atoms with van der Waals surface area (Å²) in [4.78, 5) is -3.49. The van der Waals surface area contributed by atoms with E-state index in [9.17, 15) is 21.2 Å². The topological polar surface area (TPSA) is 91.7 Å². The molecule has 0 amide bonds. The van der Waals surface area contributed by atoms with Gasteiger partial charge in [-0.2, -0.15) is 8.42 Å². The van der Waals surface area contributed by atoms with Crippen LogP contribution in [0.5, 0.6) is 0 Å². The van der Waals surface area contributed by atoms with Gasteiger partial charge in [-0.15, -0.1) is 0 Å². The van der Waals surface area contributed by atoms with Gasteiger partial charge in [-0.25, -0.2) is 17.1 Å². The van der Waals surface area contributed by atoms with E-state index in [1.807, 2.05) is 0 Å². The maximum atomic E-state index is 13.8. The summed E-state index contributed by atoms with van der Waals surface area (Å²) in [5, 5.41) is 0. The van der Waals surface area contributed by atoms with Crippen LogP contribution in [0, 0.1) is 0 Å². The maximum Gasteiger partial charge on any atom is 0.343 e. The molecule has 22 heavy (non-hydrogen) atoms. The molecule has 9 heteroatoms. The summed E-state index contributed by atoms with van der Waals surface area (Å²) >= 11 is 0. The summed E-state index contributed by atoms with van der Waals surface area (Å²) < 4.78 is 69.5. The van der Waals surface area contributed by atoms with Crippen LogP contribution in [0.1, 0.15) is 0 Å². The van der Waals surface area contributed by atoms with E-state index in [1.54, 1.807) is 12.1 Å². The first-order valence-electron chi connectivity index (χ1n) is 5.99. The van der Waals surface area contributed by atoms with E-state index in [4.69, 9.17) is 4.55 Å². The summed E-state index contributed by atoms with van der Waals surface area (Å²) in [6, 6.07) is 14.8. The van der Waals surface area contributed by atoms with Crippen molar-refractivity contribution in [2.75, 3.05) is 4.31 Å². The van der Waals surface area contributed by atoms with Gasteiger partial charge >= 0.3 is 15.0 Å². The maximum absolute atomic E-state index is 13.8. The lowest BCUT2D eigenvalue weighted by atomic mass is 10.3. The van der Waals surface area contributed by atoms with Crippen molar-refractivity contribution in [3.8, 4) is 0 Å². The molecule has 1 atom stereocenters. The van der Waals surface area contributed by atoms with Crippen molar-refractivity contribution in [2.24, 2.45) is 0 Å². The molecule has 0 fully saturated rings. The molecule has 1 N–H and O–H groups in total. The van der Waals surface area contributed by atoms with Crippen molar-refractivity contribution >= 4 is 31.5 Å². The first-order chi connectivity index (χ1) is 10.2. The summed E-state index contributed by atoms with van der Waals surface area (Å²) in [5.41, 5.74) is 0.0833. The Morgan fingerprint density at radius 3 is 1.50 bits per heavy atom. The van der Waals surface area contributed by atoms with Gasteiger partial charge in [-0.1, -0.05) is 36.4 Å². The predicted molar refractivity (Wildman–Crippen MR) is 80.4 cm³/mol. The number of benzene rings is 2. The molecule has 1 unspecified atom stereocenters. The molecular weight excluding hydrogens is 333 g/mol. The average Bonchev–Trinajstić information content (AvgIpc) is 2.47. The van der Waals surface area contributed by atoms with E-state index in [1.165, 1.54) is 48.5 Å². The number of rotatable bonds is 5. The van der Waals surface area contributed by atoms with Crippen molar-refractivity contribution in [1.29, 1.82) is 0 Å². The monoisotopic (exact) mass is 345 g/mol. The standard InChI is InChI=1S/C13H12FNO5S2/c14-13(22(18,19)20)21(16,17)15(11-7-3-1-4-8-11)12-9-5-2-6-10-12/h1-10,13H,(H,18,19,20). The molecule has 0 spiro atoms. The summed E-state index contributed by atoms with van der Waals surface area (Å²) in [5.74, 6) is 0. The summed E-state index contributed by atoms with van der Waals surface area (Å²) in [6.45, 7) is 0. The normalized spacial score (nSPS) is 13.5. The number of para-hydroxylation sites is 2. The molecule has 0 aromatic heterocycles. The van der Waals surface area contributed by atoms with E-state index < -0.39 is 25.0 Å². The number of alkyl halides is 1. The highest BCUT2D eigenvalue weighted by atomic mass is 32.3. The molecule has 0 bridgehead atoms. The quantitative estimate of drug-likeness (QED) is 0.840. The van der Waals surface area contributed by atoms with Crippen LogP contribution in [0.25, 0.3) is 0 Å². The second-order valence-corrected chi connectivity index (χ2v) is 7.82. The number of nitrogens with zero attached hydrogens (tertiary/aromatic N) is 1. The molecule has 0 aliphatic rings. The zero-order valence-corrected chi connectivity index (χ0v) is 12.7. The SMILES string of the molecule is O=S(=O)(O)C(F)S(=O)(=O)N(c1ccccc1)c1ccccc1. The van der Waals surface area contributed by atoms with Crippen LogP contribution in [-0.4, -0.2) is 26.2 Å². The van der Waals surface area contributed by atoms with Crippen LogP contribution in [0.3, 0.4) is 0 Å². The van der Waals surface area contributed by atoms with Gasteiger partial charge in [0.2, 0.25) is 0 Å². The second kappa shape index (κ2) is 6.03. The molecule has 0 saturated heterocycles. The minimum atomic E-state index is -5.42. The first-order valence-corrected chi connectivity index (χ1v) is 9.00. The molecule has 0 radical (unpaired) electrons. The lowest BCUT2D eigenvalue weighted by Gasteiger charge is -2.25. The van der Waals surface area contributed by atoms with Crippen LogP contribution < -0.4 is 4.31 Å². The second-order valence-electron chi connectivity index (χ2n) is 4.27. The Labute approximate surface area is 127 Å². The van der Waals surface area contributed by atoms with Gasteiger partial charge in [0.1, 0.15) is 0 Å². The van der Waals surface area contributed by atoms with Crippen molar-refractivity contribution in [3.63, 3.8) is 0 Å². The van der Waals surface area contributed by atoms with Gasteiger partial charge in [-0.3, -0.25) is 4.55 Å². The van der Waals surface area contributed by atoms with Crippen LogP contribution >= 0.6 is 0 Å². The Hall–Kier alpha value is -1.97. The fourth-order valence-corrected chi connectivity index (χ4v) is 4.29. The van der Waals surface area contributed by atoms with Crippen LogP contribution in [0.15, 0.2) is 60.7 Å². The highest BCUT2D eigenvalue weighted by Gasteiger charge is 2.42. The van der Waals surface area contributed by atoms with E-state index >= 15 is 0 Å². The fraction of sp³-hybridized carbons (Fsp3) is 0.0769. The van der Waals surface area contributed by atoms with Crippen LogP contribution in [0.4, 0.5) is 15.8 Å². The van der Waals surface area contributed by atoms with Crippen molar-refractivity contribution in [2.45, 2.75) is 4.84 Å². The molecule has 0 heterocycles. The Balaban J connectivity index is 2.65. The summed E-state index contributed by atoms with van der Waals surface area (Å²) in [6.07, 6.45) is 0. The van der Waals surface area contributed by atoms with Gasteiger partial charge in [0.05, 0.1) is 11.4 Å². The molecule has 0 aliphatic heterocycles. The Kier molecular flexibility index (Phi) is 4.50. The van der Waals surface area contributed by atoms with Gasteiger partial charge in [-0.05, 0) is 24.3 Å². The van der Waals surface area contributed by atoms with Crippen molar-refractivity contribution in [1.82, 2.24) is 0 Å².